The number of aliphatic hydroxyl groups excluding tert-OH is 1. The van der Waals surface area contributed by atoms with E-state index in [1.54, 1.807) is 0 Å². The highest BCUT2D eigenvalue weighted by Gasteiger charge is 2.26. The largest absolute Gasteiger partial charge is 0.392 e. The summed E-state index contributed by atoms with van der Waals surface area (Å²) >= 11 is 0. The van der Waals surface area contributed by atoms with Crippen LogP contribution in [-0.2, 0) is 0 Å². The third-order valence-electron chi connectivity index (χ3n) is 4.50. The molecule has 2 unspecified atom stereocenters. The molecule has 2 aliphatic rings. The lowest BCUT2D eigenvalue weighted by Gasteiger charge is -2.27. The molecule has 0 spiro atoms. The number of nitrogens with zero attached hydrogens (tertiary/aromatic N) is 1. The van der Waals surface area contributed by atoms with Gasteiger partial charge < -0.3 is 5.11 Å². The molecule has 1 aliphatic heterocycles. The summed E-state index contributed by atoms with van der Waals surface area (Å²) in [5, 5.41) is 10.1. The van der Waals surface area contributed by atoms with Gasteiger partial charge in [-0.3, -0.25) is 4.90 Å². The van der Waals surface area contributed by atoms with Gasteiger partial charge in [-0.15, -0.1) is 0 Å². The van der Waals surface area contributed by atoms with Crippen LogP contribution in [0.3, 0.4) is 0 Å². The molecule has 1 N–H and O–H groups in total. The molecule has 1 saturated carbocycles. The van der Waals surface area contributed by atoms with E-state index in [0.29, 0.717) is 0 Å². The fourth-order valence-electron chi connectivity index (χ4n) is 3.57. The van der Waals surface area contributed by atoms with Crippen LogP contribution in [0.1, 0.15) is 58.3 Å². The van der Waals surface area contributed by atoms with Gasteiger partial charge in [-0.2, -0.15) is 0 Å². The molecule has 2 rings (SSSR count). The Morgan fingerprint density at radius 1 is 1.19 bits per heavy atom. The van der Waals surface area contributed by atoms with E-state index in [1.165, 1.54) is 51.5 Å². The van der Waals surface area contributed by atoms with Gasteiger partial charge in [0.15, 0.2) is 0 Å². The quantitative estimate of drug-likeness (QED) is 0.777. The summed E-state index contributed by atoms with van der Waals surface area (Å²) in [6, 6.07) is 0.748. The number of hydrogen-bond acceptors (Lipinski definition) is 2. The fourth-order valence-corrected chi connectivity index (χ4v) is 3.57. The van der Waals surface area contributed by atoms with Crippen LogP contribution in [0, 0.1) is 5.92 Å². The van der Waals surface area contributed by atoms with Crippen molar-refractivity contribution in [1.82, 2.24) is 4.90 Å². The maximum Gasteiger partial charge on any atom is 0.0669 e. The summed E-state index contributed by atoms with van der Waals surface area (Å²) in [7, 11) is 0. The Morgan fingerprint density at radius 3 is 2.62 bits per heavy atom. The van der Waals surface area contributed by atoms with Gasteiger partial charge in [-0.25, -0.2) is 0 Å². The highest BCUT2D eigenvalue weighted by atomic mass is 16.3. The third kappa shape index (κ3) is 3.21. The van der Waals surface area contributed by atoms with Gasteiger partial charge in [0.25, 0.3) is 0 Å². The number of rotatable bonds is 5. The summed E-state index contributed by atoms with van der Waals surface area (Å²) < 4.78 is 0. The number of aliphatic hydroxyl groups is 1. The molecule has 0 amide bonds. The van der Waals surface area contributed by atoms with Crippen LogP contribution in [0.25, 0.3) is 0 Å². The van der Waals surface area contributed by atoms with Crippen molar-refractivity contribution < 1.29 is 5.11 Å². The molecule has 2 fully saturated rings. The molecule has 16 heavy (non-hydrogen) atoms. The van der Waals surface area contributed by atoms with Crippen LogP contribution in [0.5, 0.6) is 0 Å². The predicted molar refractivity (Wildman–Crippen MR) is 67.5 cm³/mol. The molecule has 0 aromatic heterocycles. The molecule has 1 saturated heterocycles. The second kappa shape index (κ2) is 6.02. The fraction of sp³-hybridized carbons (Fsp3) is 1.00. The van der Waals surface area contributed by atoms with E-state index in [4.69, 9.17) is 0 Å². The lowest BCUT2D eigenvalue weighted by Crippen LogP contribution is -2.36. The molecule has 0 bridgehead atoms. The van der Waals surface area contributed by atoms with Crippen LogP contribution < -0.4 is 0 Å². The Labute approximate surface area is 100 Å². The summed E-state index contributed by atoms with van der Waals surface area (Å²) in [4.78, 5) is 2.51. The summed E-state index contributed by atoms with van der Waals surface area (Å²) in [6.07, 6.45) is 10.4. The van der Waals surface area contributed by atoms with Crippen molar-refractivity contribution in [2.24, 2.45) is 5.92 Å². The van der Waals surface area contributed by atoms with Crippen LogP contribution in [0.4, 0.5) is 0 Å². The first-order chi connectivity index (χ1) is 7.79. The lowest BCUT2D eigenvalue weighted by molar-refractivity contribution is 0.0848. The van der Waals surface area contributed by atoms with Crippen molar-refractivity contribution in [2.75, 3.05) is 13.1 Å². The average molecular weight is 225 g/mol. The first-order valence-electron chi connectivity index (χ1n) is 7.21. The van der Waals surface area contributed by atoms with E-state index in [1.807, 2.05) is 0 Å². The average Bonchev–Trinajstić information content (AvgIpc) is 2.88. The van der Waals surface area contributed by atoms with E-state index in [2.05, 4.69) is 11.8 Å². The van der Waals surface area contributed by atoms with Gasteiger partial charge in [0.05, 0.1) is 6.10 Å². The topological polar surface area (TPSA) is 23.5 Å². The number of likely N-dealkylation sites (tertiary alicyclic amines) is 1. The highest BCUT2D eigenvalue weighted by molar-refractivity contribution is 4.81. The van der Waals surface area contributed by atoms with E-state index >= 15 is 0 Å². The molecular weight excluding hydrogens is 198 g/mol. The Hall–Kier alpha value is -0.0800. The van der Waals surface area contributed by atoms with Gasteiger partial charge in [-0.05, 0) is 38.1 Å². The molecule has 1 aliphatic carbocycles. The molecule has 2 atom stereocenters. The normalized spacial score (nSPS) is 30.0. The maximum atomic E-state index is 10.1. The summed E-state index contributed by atoms with van der Waals surface area (Å²) in [6.45, 7) is 4.40. The molecular formula is C14H27NO. The van der Waals surface area contributed by atoms with Gasteiger partial charge in [0, 0.05) is 12.6 Å². The minimum atomic E-state index is -0.0738. The Kier molecular flexibility index (Phi) is 4.66. The second-order valence-electron chi connectivity index (χ2n) is 5.74. The maximum absolute atomic E-state index is 10.1. The van der Waals surface area contributed by atoms with Crippen molar-refractivity contribution in [3.63, 3.8) is 0 Å². The van der Waals surface area contributed by atoms with Crippen molar-refractivity contribution in [3.8, 4) is 0 Å². The van der Waals surface area contributed by atoms with E-state index in [9.17, 15) is 5.11 Å². The molecule has 0 aromatic carbocycles. The highest BCUT2D eigenvalue weighted by Crippen LogP contribution is 2.29. The third-order valence-corrected chi connectivity index (χ3v) is 4.50. The smallest absolute Gasteiger partial charge is 0.0669 e. The monoisotopic (exact) mass is 225 g/mol. The van der Waals surface area contributed by atoms with Crippen LogP contribution in [-0.4, -0.2) is 35.2 Å². The lowest BCUT2D eigenvalue weighted by atomic mass is 9.99. The zero-order valence-corrected chi connectivity index (χ0v) is 10.7. The van der Waals surface area contributed by atoms with E-state index < -0.39 is 0 Å². The number of hydrogen-bond donors (Lipinski definition) is 1. The molecule has 0 aromatic rings. The summed E-state index contributed by atoms with van der Waals surface area (Å²) in [5.41, 5.74) is 0. The minimum Gasteiger partial charge on any atom is -0.392 e. The van der Waals surface area contributed by atoms with Gasteiger partial charge in [0.2, 0.25) is 0 Å². The Morgan fingerprint density at radius 2 is 1.94 bits per heavy atom. The van der Waals surface area contributed by atoms with Crippen molar-refractivity contribution in [2.45, 2.75) is 70.4 Å². The Bertz CT molecular complexity index is 201. The first kappa shape index (κ1) is 12.4. The standard InChI is InChI=1S/C14H27NO/c1-2-13-8-5-9-15(13)11-14(16)10-12-6-3-4-7-12/h12-14,16H,2-11H2,1H3. The first-order valence-corrected chi connectivity index (χ1v) is 7.21. The van der Waals surface area contributed by atoms with E-state index in [-0.39, 0.29) is 6.10 Å². The Balaban J connectivity index is 1.71. The second-order valence-corrected chi connectivity index (χ2v) is 5.74. The van der Waals surface area contributed by atoms with Crippen LogP contribution in [0.2, 0.25) is 0 Å². The molecule has 1 heterocycles. The van der Waals surface area contributed by atoms with Crippen LogP contribution >= 0.6 is 0 Å². The minimum absolute atomic E-state index is 0.0738. The van der Waals surface area contributed by atoms with E-state index in [0.717, 1.165) is 24.9 Å². The van der Waals surface area contributed by atoms with Crippen molar-refractivity contribution in [3.05, 3.63) is 0 Å². The zero-order chi connectivity index (χ0) is 11.4. The van der Waals surface area contributed by atoms with Crippen LogP contribution in [0.15, 0.2) is 0 Å². The molecule has 2 heteroatoms. The molecule has 94 valence electrons. The predicted octanol–water partition coefficient (Wildman–Crippen LogP) is 2.80. The van der Waals surface area contributed by atoms with Crippen molar-refractivity contribution in [1.29, 1.82) is 0 Å². The molecule has 2 nitrogen and oxygen atoms in total. The SMILES string of the molecule is CCC1CCCN1CC(O)CC1CCCC1. The molecule has 0 radical (unpaired) electrons. The zero-order valence-electron chi connectivity index (χ0n) is 10.7. The summed E-state index contributed by atoms with van der Waals surface area (Å²) in [5.74, 6) is 0.817. The van der Waals surface area contributed by atoms with Gasteiger partial charge in [0.1, 0.15) is 0 Å². The van der Waals surface area contributed by atoms with Gasteiger partial charge in [-0.1, -0.05) is 32.6 Å². The van der Waals surface area contributed by atoms with Crippen molar-refractivity contribution >= 4 is 0 Å². The number of β-amino-alcohol motifs (C(OH)–C–C–N with tert-alkyl or cyclic N) is 1. The van der Waals surface area contributed by atoms with Gasteiger partial charge >= 0.3 is 0 Å².